The number of ether oxygens (including phenoxy) is 1. The molecule has 0 fully saturated rings. The van der Waals surface area contributed by atoms with Crippen LogP contribution in [0.25, 0.3) is 0 Å². The Bertz CT molecular complexity index is 859. The van der Waals surface area contributed by atoms with Gasteiger partial charge in [0.15, 0.2) is 0 Å². The van der Waals surface area contributed by atoms with Crippen molar-refractivity contribution in [3.63, 3.8) is 0 Å². The molecule has 1 N–H and O–H groups in total. The van der Waals surface area contributed by atoms with Crippen molar-refractivity contribution in [3.8, 4) is 11.8 Å². The van der Waals surface area contributed by atoms with Gasteiger partial charge in [-0.2, -0.15) is 5.26 Å². The van der Waals surface area contributed by atoms with Crippen molar-refractivity contribution in [3.05, 3.63) is 47.2 Å². The largest absolute Gasteiger partial charge is 0.497 e. The second-order valence-electron chi connectivity index (χ2n) is 6.50. The fourth-order valence-corrected chi connectivity index (χ4v) is 4.14. The number of fused-ring (bicyclic) bond motifs is 1. The normalized spacial score (nSPS) is 14.0. The summed E-state index contributed by atoms with van der Waals surface area (Å²) >= 11 is 1.38. The summed E-state index contributed by atoms with van der Waals surface area (Å²) in [4.78, 5) is 17.4. The number of thioether (sulfide) groups is 1. The van der Waals surface area contributed by atoms with E-state index in [9.17, 15) is 10.1 Å². The molecule has 1 aliphatic carbocycles. The number of nitrogens with zero attached hydrogens (tertiary/aromatic N) is 2. The van der Waals surface area contributed by atoms with Crippen LogP contribution in [-0.4, -0.2) is 23.3 Å². The van der Waals surface area contributed by atoms with Gasteiger partial charge in [-0.15, -0.1) is 0 Å². The molecule has 140 valence electrons. The van der Waals surface area contributed by atoms with Crippen LogP contribution in [0.2, 0.25) is 0 Å². The summed E-state index contributed by atoms with van der Waals surface area (Å²) in [6.45, 7) is 1.97. The number of anilines is 1. The van der Waals surface area contributed by atoms with Gasteiger partial charge in [0.2, 0.25) is 5.91 Å². The third-order valence-electron chi connectivity index (χ3n) is 4.66. The lowest BCUT2D eigenvalue weighted by atomic mass is 9.95. The molecule has 27 heavy (non-hydrogen) atoms. The highest BCUT2D eigenvalue weighted by Crippen LogP contribution is 2.31. The monoisotopic (exact) mass is 381 g/mol. The van der Waals surface area contributed by atoms with Crippen molar-refractivity contribution < 1.29 is 9.53 Å². The van der Waals surface area contributed by atoms with Crippen molar-refractivity contribution >= 4 is 23.4 Å². The van der Waals surface area contributed by atoms with Crippen molar-refractivity contribution in [2.24, 2.45) is 0 Å². The zero-order valence-electron chi connectivity index (χ0n) is 15.6. The van der Waals surface area contributed by atoms with Gasteiger partial charge in [-0.1, -0.05) is 18.7 Å². The first-order chi connectivity index (χ1) is 13.1. The van der Waals surface area contributed by atoms with Gasteiger partial charge in [0.25, 0.3) is 0 Å². The van der Waals surface area contributed by atoms with Crippen LogP contribution in [0, 0.1) is 11.3 Å². The van der Waals surface area contributed by atoms with Crippen molar-refractivity contribution in [2.75, 3.05) is 12.4 Å². The molecule has 6 heteroatoms. The van der Waals surface area contributed by atoms with Gasteiger partial charge >= 0.3 is 0 Å². The van der Waals surface area contributed by atoms with Crippen LogP contribution >= 0.6 is 11.8 Å². The van der Waals surface area contributed by atoms with Gasteiger partial charge in [0.1, 0.15) is 16.8 Å². The summed E-state index contributed by atoms with van der Waals surface area (Å²) in [5, 5.41) is 12.8. The number of carbonyl (C=O) groups excluding carboxylic acids is 1. The standard InChI is InChI=1S/C21H23N3O2S/c1-3-19(20(25)23-16-8-10-17(26-2)11-9-16)27-21-15(13-22)12-14-6-4-5-7-18(14)24-21/h8-12,19H,3-7H2,1-2H3,(H,23,25). The average molecular weight is 382 g/mol. The number of benzene rings is 1. The van der Waals surface area contributed by atoms with Crippen LogP contribution in [0.3, 0.4) is 0 Å². The molecule has 0 radical (unpaired) electrons. The van der Waals surface area contributed by atoms with Gasteiger partial charge in [-0.05, 0) is 68.0 Å². The molecule has 2 aromatic rings. The van der Waals surface area contributed by atoms with E-state index < -0.39 is 0 Å². The number of nitrogens with one attached hydrogen (secondary N) is 1. The molecule has 0 bridgehead atoms. The molecule has 1 aliphatic rings. The minimum Gasteiger partial charge on any atom is -0.497 e. The molecule has 1 aromatic heterocycles. The maximum absolute atomic E-state index is 12.7. The molecule has 1 amide bonds. The number of pyridine rings is 1. The van der Waals surface area contributed by atoms with Crippen LogP contribution in [0.1, 0.15) is 43.0 Å². The van der Waals surface area contributed by atoms with Crippen LogP contribution < -0.4 is 10.1 Å². The number of methoxy groups -OCH3 is 1. The van der Waals surface area contributed by atoms with Crippen molar-refractivity contribution in [1.82, 2.24) is 4.98 Å². The molecule has 1 atom stereocenters. The molecule has 1 unspecified atom stereocenters. The number of hydrogen-bond donors (Lipinski definition) is 1. The van der Waals surface area contributed by atoms with Gasteiger partial charge < -0.3 is 10.1 Å². The second kappa shape index (κ2) is 8.92. The highest BCUT2D eigenvalue weighted by molar-refractivity contribution is 8.00. The third-order valence-corrected chi connectivity index (χ3v) is 6.03. The number of hydrogen-bond acceptors (Lipinski definition) is 5. The van der Waals surface area contributed by atoms with Gasteiger partial charge in [-0.25, -0.2) is 4.98 Å². The Hall–Kier alpha value is -2.52. The Morgan fingerprint density at radius 1 is 1.33 bits per heavy atom. The topological polar surface area (TPSA) is 75.0 Å². The smallest absolute Gasteiger partial charge is 0.237 e. The van der Waals surface area contributed by atoms with Crippen LogP contribution in [0.15, 0.2) is 35.4 Å². The summed E-state index contributed by atoms with van der Waals surface area (Å²) in [5.41, 5.74) is 3.54. The molecule has 0 aliphatic heterocycles. The summed E-state index contributed by atoms with van der Waals surface area (Å²) in [6, 6.07) is 11.4. The molecule has 0 saturated carbocycles. The van der Waals surface area contributed by atoms with Gasteiger partial charge in [-0.3, -0.25) is 4.79 Å². The highest BCUT2D eigenvalue weighted by atomic mass is 32.2. The number of nitriles is 1. The molecular weight excluding hydrogens is 358 g/mol. The van der Waals surface area contributed by atoms with E-state index in [1.54, 1.807) is 7.11 Å². The quantitative estimate of drug-likeness (QED) is 0.753. The Labute approximate surface area is 164 Å². The van der Waals surface area contributed by atoms with Crippen LogP contribution in [0.5, 0.6) is 5.75 Å². The predicted molar refractivity (Wildman–Crippen MR) is 107 cm³/mol. The van der Waals surface area contributed by atoms with Crippen LogP contribution in [0.4, 0.5) is 5.69 Å². The van der Waals surface area contributed by atoms with Crippen molar-refractivity contribution in [2.45, 2.75) is 49.3 Å². The number of aromatic nitrogens is 1. The summed E-state index contributed by atoms with van der Waals surface area (Å²) in [7, 11) is 1.61. The highest BCUT2D eigenvalue weighted by Gasteiger charge is 2.22. The molecule has 0 spiro atoms. The van der Waals surface area contributed by atoms with E-state index >= 15 is 0 Å². The van der Waals surface area contributed by atoms with E-state index in [2.05, 4.69) is 11.4 Å². The fraction of sp³-hybridized carbons (Fsp3) is 0.381. The first kappa shape index (κ1) is 19.2. The van der Waals surface area contributed by atoms with E-state index in [1.807, 2.05) is 37.3 Å². The first-order valence-corrected chi connectivity index (χ1v) is 10.1. The Kier molecular flexibility index (Phi) is 6.36. The minimum atomic E-state index is -0.312. The molecular formula is C21H23N3O2S. The predicted octanol–water partition coefficient (Wildman–Crippen LogP) is 4.35. The Balaban J connectivity index is 1.75. The number of aryl methyl sites for hydroxylation is 2. The van der Waals surface area contributed by atoms with Crippen molar-refractivity contribution in [1.29, 1.82) is 5.26 Å². The van der Waals surface area contributed by atoms with Gasteiger partial charge in [0.05, 0.1) is 17.9 Å². The average Bonchev–Trinajstić information content (AvgIpc) is 2.71. The van der Waals surface area contributed by atoms with E-state index in [1.165, 1.54) is 17.3 Å². The third kappa shape index (κ3) is 4.61. The molecule has 5 nitrogen and oxygen atoms in total. The lowest BCUT2D eigenvalue weighted by Gasteiger charge is -2.19. The Morgan fingerprint density at radius 2 is 2.07 bits per heavy atom. The van der Waals surface area contributed by atoms with Crippen LogP contribution in [-0.2, 0) is 17.6 Å². The first-order valence-electron chi connectivity index (χ1n) is 9.19. The fourth-order valence-electron chi connectivity index (χ4n) is 3.14. The zero-order valence-corrected chi connectivity index (χ0v) is 16.4. The van der Waals surface area contributed by atoms with E-state index in [4.69, 9.17) is 9.72 Å². The molecule has 1 heterocycles. The number of amides is 1. The van der Waals surface area contributed by atoms with E-state index in [0.717, 1.165) is 42.8 Å². The molecule has 0 saturated heterocycles. The minimum absolute atomic E-state index is 0.0870. The molecule has 1 aromatic carbocycles. The summed E-state index contributed by atoms with van der Waals surface area (Å²) < 4.78 is 5.14. The maximum atomic E-state index is 12.7. The van der Waals surface area contributed by atoms with E-state index in [-0.39, 0.29) is 11.2 Å². The lowest BCUT2D eigenvalue weighted by Crippen LogP contribution is -2.25. The zero-order chi connectivity index (χ0) is 19.2. The summed E-state index contributed by atoms with van der Waals surface area (Å²) in [5.74, 6) is 0.655. The summed E-state index contributed by atoms with van der Waals surface area (Å²) in [6.07, 6.45) is 4.86. The second-order valence-corrected chi connectivity index (χ2v) is 7.69. The number of rotatable bonds is 6. The van der Waals surface area contributed by atoms with Gasteiger partial charge in [0, 0.05) is 11.4 Å². The molecule has 3 rings (SSSR count). The Morgan fingerprint density at radius 3 is 2.74 bits per heavy atom. The maximum Gasteiger partial charge on any atom is 0.237 e. The number of carbonyl (C=O) groups is 1. The SMILES string of the molecule is CCC(Sc1nc2c(cc1C#N)CCCC2)C(=O)Nc1ccc(OC)cc1. The lowest BCUT2D eigenvalue weighted by molar-refractivity contribution is -0.115. The van der Waals surface area contributed by atoms with E-state index in [0.29, 0.717) is 17.0 Å².